The minimum Gasteiger partial charge on any atom is -0.468 e. The molecule has 1 unspecified atom stereocenters. The third-order valence-electron chi connectivity index (χ3n) is 3.18. The highest BCUT2D eigenvalue weighted by molar-refractivity contribution is 5.82. The van der Waals surface area contributed by atoms with Crippen molar-refractivity contribution in [3.05, 3.63) is 0 Å². The van der Waals surface area contributed by atoms with Crippen LogP contribution in [0.2, 0.25) is 0 Å². The fraction of sp³-hybridized carbons (Fsp3) is 0.917. The molecule has 1 aliphatic carbocycles. The molecule has 5 nitrogen and oxygen atoms in total. The van der Waals surface area contributed by atoms with Crippen molar-refractivity contribution in [1.29, 1.82) is 0 Å². The number of nitrogens with one attached hydrogen (secondary N) is 1. The lowest BCUT2D eigenvalue weighted by molar-refractivity contribution is -0.153. The molecule has 0 saturated heterocycles. The third-order valence-corrected chi connectivity index (χ3v) is 3.18. The van der Waals surface area contributed by atoms with Gasteiger partial charge in [-0.2, -0.15) is 0 Å². The molecule has 0 amide bonds. The van der Waals surface area contributed by atoms with E-state index in [2.05, 4.69) is 5.32 Å². The Morgan fingerprint density at radius 2 is 2.00 bits per heavy atom. The predicted molar refractivity (Wildman–Crippen MR) is 63.8 cm³/mol. The Morgan fingerprint density at radius 3 is 2.47 bits per heavy atom. The van der Waals surface area contributed by atoms with Crippen LogP contribution in [0.15, 0.2) is 0 Å². The van der Waals surface area contributed by atoms with Crippen LogP contribution in [-0.2, 0) is 19.0 Å². The molecule has 1 aliphatic rings. The van der Waals surface area contributed by atoms with Crippen LogP contribution in [0, 0.1) is 5.92 Å². The van der Waals surface area contributed by atoms with Crippen LogP contribution >= 0.6 is 0 Å². The molecule has 100 valence electrons. The van der Waals surface area contributed by atoms with Gasteiger partial charge in [-0.15, -0.1) is 0 Å². The summed E-state index contributed by atoms with van der Waals surface area (Å²) in [6, 6.07) is 0. The van der Waals surface area contributed by atoms with Gasteiger partial charge in [0.05, 0.1) is 26.9 Å². The Hall–Kier alpha value is -0.650. The fourth-order valence-electron chi connectivity index (χ4n) is 1.98. The third kappa shape index (κ3) is 3.66. The average Bonchev–Trinajstić information content (AvgIpc) is 3.18. The van der Waals surface area contributed by atoms with Gasteiger partial charge in [0.15, 0.2) is 0 Å². The highest BCUT2D eigenvalue weighted by Gasteiger charge is 2.51. The molecule has 0 spiro atoms. The largest absolute Gasteiger partial charge is 0.468 e. The number of esters is 1. The number of carbonyl (C=O) groups excluding carboxylic acids is 1. The van der Waals surface area contributed by atoms with E-state index in [1.807, 2.05) is 6.92 Å². The van der Waals surface area contributed by atoms with Crippen LogP contribution in [0.5, 0.6) is 0 Å². The molecule has 5 heteroatoms. The molecule has 0 heterocycles. The number of methoxy groups -OCH3 is 1. The van der Waals surface area contributed by atoms with Gasteiger partial charge in [0.1, 0.15) is 5.54 Å². The van der Waals surface area contributed by atoms with Crippen molar-refractivity contribution in [3.63, 3.8) is 0 Å². The minimum atomic E-state index is -0.680. The normalized spacial score (nSPS) is 18.8. The Morgan fingerprint density at radius 1 is 1.35 bits per heavy atom. The molecular formula is C12H23NO4. The lowest BCUT2D eigenvalue weighted by atomic mass is 9.94. The van der Waals surface area contributed by atoms with Gasteiger partial charge in [-0.25, -0.2) is 4.79 Å². The Kier molecular flexibility index (Phi) is 5.88. The van der Waals surface area contributed by atoms with E-state index < -0.39 is 5.54 Å². The summed E-state index contributed by atoms with van der Waals surface area (Å²) in [5.74, 6) is 0.0888. The fourth-order valence-corrected chi connectivity index (χ4v) is 1.98. The van der Waals surface area contributed by atoms with Crippen LogP contribution in [-0.4, -0.2) is 52.1 Å². The number of hydrogen-bond acceptors (Lipinski definition) is 5. The monoisotopic (exact) mass is 245 g/mol. The zero-order valence-corrected chi connectivity index (χ0v) is 11.0. The van der Waals surface area contributed by atoms with Crippen molar-refractivity contribution in [2.45, 2.75) is 25.3 Å². The van der Waals surface area contributed by atoms with Crippen LogP contribution in [0.25, 0.3) is 0 Å². The molecule has 0 bridgehead atoms. The van der Waals surface area contributed by atoms with E-state index in [1.54, 1.807) is 7.05 Å². The second-order valence-electron chi connectivity index (χ2n) is 4.24. The number of carbonyl (C=O) groups is 1. The first-order chi connectivity index (χ1) is 8.21. The van der Waals surface area contributed by atoms with E-state index in [-0.39, 0.29) is 5.97 Å². The maximum absolute atomic E-state index is 11.9. The molecule has 1 fully saturated rings. The molecular weight excluding hydrogens is 222 g/mol. The van der Waals surface area contributed by atoms with Gasteiger partial charge < -0.3 is 19.5 Å². The number of ether oxygens (including phenoxy) is 3. The maximum Gasteiger partial charge on any atom is 0.328 e. The Labute approximate surface area is 103 Å². The highest BCUT2D eigenvalue weighted by atomic mass is 16.5. The highest BCUT2D eigenvalue weighted by Crippen LogP contribution is 2.40. The zero-order valence-electron chi connectivity index (χ0n) is 11.0. The number of likely N-dealkylation sites (N-methyl/N-ethyl adjacent to an activating group) is 1. The molecule has 0 aromatic rings. The summed E-state index contributed by atoms with van der Waals surface area (Å²) >= 11 is 0. The number of rotatable bonds is 9. The Balaban J connectivity index is 2.43. The predicted octanol–water partition coefficient (Wildman–Crippen LogP) is 0.581. The van der Waals surface area contributed by atoms with Crippen molar-refractivity contribution in [1.82, 2.24) is 5.32 Å². The standard InChI is InChI=1S/C12H23NO4/c1-4-16-7-8-17-9-12(13-2,10-5-6-10)11(14)15-3/h10,13H,4-9H2,1-3H3. The van der Waals surface area contributed by atoms with Crippen molar-refractivity contribution in [2.75, 3.05) is 40.6 Å². The van der Waals surface area contributed by atoms with Gasteiger partial charge in [-0.1, -0.05) is 0 Å². The smallest absolute Gasteiger partial charge is 0.328 e. The lowest BCUT2D eigenvalue weighted by Gasteiger charge is -2.30. The van der Waals surface area contributed by atoms with Gasteiger partial charge in [0, 0.05) is 6.61 Å². The van der Waals surface area contributed by atoms with Gasteiger partial charge in [0.25, 0.3) is 0 Å². The quantitative estimate of drug-likeness (QED) is 0.476. The summed E-state index contributed by atoms with van der Waals surface area (Å²) in [7, 11) is 3.19. The van der Waals surface area contributed by atoms with E-state index >= 15 is 0 Å². The zero-order chi connectivity index (χ0) is 12.7. The van der Waals surface area contributed by atoms with Gasteiger partial charge in [0.2, 0.25) is 0 Å². The van der Waals surface area contributed by atoms with Crippen LogP contribution in [0.4, 0.5) is 0 Å². The van der Waals surface area contributed by atoms with Gasteiger partial charge >= 0.3 is 5.97 Å². The van der Waals surface area contributed by atoms with Gasteiger partial charge in [-0.3, -0.25) is 0 Å². The summed E-state index contributed by atoms with van der Waals surface area (Å²) in [5, 5.41) is 3.08. The maximum atomic E-state index is 11.9. The second-order valence-corrected chi connectivity index (χ2v) is 4.24. The van der Waals surface area contributed by atoms with E-state index in [0.717, 1.165) is 12.8 Å². The molecule has 17 heavy (non-hydrogen) atoms. The SMILES string of the molecule is CCOCCOCC(NC)(C(=O)OC)C1CC1. The summed E-state index contributed by atoms with van der Waals surface area (Å²) in [6.07, 6.45) is 2.09. The molecule has 1 saturated carbocycles. The van der Waals surface area contributed by atoms with Crippen molar-refractivity contribution in [2.24, 2.45) is 5.92 Å². The Bertz CT molecular complexity index is 243. The first-order valence-electron chi connectivity index (χ1n) is 6.14. The van der Waals surface area contributed by atoms with Crippen LogP contribution in [0.1, 0.15) is 19.8 Å². The summed E-state index contributed by atoms with van der Waals surface area (Å²) in [5.41, 5.74) is -0.680. The number of hydrogen-bond donors (Lipinski definition) is 1. The van der Waals surface area contributed by atoms with E-state index in [0.29, 0.717) is 32.3 Å². The van der Waals surface area contributed by atoms with Crippen molar-refractivity contribution < 1.29 is 19.0 Å². The lowest BCUT2D eigenvalue weighted by Crippen LogP contribution is -2.56. The topological polar surface area (TPSA) is 56.8 Å². The molecule has 0 aromatic carbocycles. The molecule has 0 radical (unpaired) electrons. The summed E-state index contributed by atoms with van der Waals surface area (Å²) < 4.78 is 15.6. The van der Waals surface area contributed by atoms with Gasteiger partial charge in [-0.05, 0) is 32.7 Å². The average molecular weight is 245 g/mol. The first-order valence-corrected chi connectivity index (χ1v) is 6.14. The second kappa shape index (κ2) is 6.93. The minimum absolute atomic E-state index is 0.237. The molecule has 0 aliphatic heterocycles. The van der Waals surface area contributed by atoms with Crippen molar-refractivity contribution >= 4 is 5.97 Å². The van der Waals surface area contributed by atoms with E-state index in [9.17, 15) is 4.79 Å². The molecule has 1 rings (SSSR count). The summed E-state index contributed by atoms with van der Waals surface area (Å²) in [6.45, 7) is 4.02. The van der Waals surface area contributed by atoms with E-state index in [4.69, 9.17) is 14.2 Å². The van der Waals surface area contributed by atoms with Crippen molar-refractivity contribution in [3.8, 4) is 0 Å². The first kappa shape index (κ1) is 14.4. The van der Waals surface area contributed by atoms with Crippen LogP contribution < -0.4 is 5.32 Å². The summed E-state index contributed by atoms with van der Waals surface area (Å²) in [4.78, 5) is 11.9. The molecule has 0 aromatic heterocycles. The van der Waals surface area contributed by atoms with Crippen LogP contribution in [0.3, 0.4) is 0 Å². The molecule has 1 atom stereocenters. The van der Waals surface area contributed by atoms with E-state index in [1.165, 1.54) is 7.11 Å². The molecule has 1 N–H and O–H groups in total.